The largest absolute Gasteiger partial charge is 1.00 e. The third kappa shape index (κ3) is 46.1. The van der Waals surface area contributed by atoms with E-state index in [2.05, 4.69) is 16.0 Å². The van der Waals surface area contributed by atoms with Crippen LogP contribution in [0.25, 0.3) is 0 Å². The number of hydrogen-bond donors (Lipinski definition) is 12. The van der Waals surface area contributed by atoms with Gasteiger partial charge in [-0.05, 0) is 48.7 Å². The zero-order chi connectivity index (χ0) is 89.8. The molecule has 5 aliphatic heterocycles. The molecule has 0 spiro atoms. The van der Waals surface area contributed by atoms with Gasteiger partial charge in [0.15, 0.2) is 5.78 Å². The molecule has 44 nitrogen and oxygen atoms in total. The molecule has 9 amide bonds. The van der Waals surface area contributed by atoms with Crippen LogP contribution in [-0.2, 0) is 96.4 Å². The molecule has 680 valence electrons. The monoisotopic (exact) mass is 1810 g/mol. The molecule has 5 rings (SSSR count). The molecular formula is C72H117ClN15NaO29S3. The molecule has 5 aliphatic rings. The van der Waals surface area contributed by atoms with E-state index in [1.54, 1.807) is 51.0 Å². The predicted octanol–water partition coefficient (Wildman–Crippen LogP) is -7.89. The molecular weight excluding hydrogens is 1690 g/mol. The number of carboxylic acid groups (broad SMARTS) is 7. The molecule has 0 saturated carbocycles. The fourth-order valence-corrected chi connectivity index (χ4v) is 14.2. The number of thioether (sulfide) groups is 2. The Kier molecular flexibility index (Phi) is 56.3. The summed E-state index contributed by atoms with van der Waals surface area (Å²) >= 11 is 3.13. The van der Waals surface area contributed by atoms with Gasteiger partial charge >= 0.3 is 71.3 Å². The molecule has 0 bridgehead atoms. The Labute approximate surface area is 738 Å². The van der Waals surface area contributed by atoms with E-state index in [9.17, 15) is 115 Å². The van der Waals surface area contributed by atoms with Crippen LogP contribution >= 0.6 is 35.9 Å². The number of aliphatic carboxylic acids is 7. The van der Waals surface area contributed by atoms with Crippen LogP contribution < -0.4 is 51.2 Å². The van der Waals surface area contributed by atoms with Gasteiger partial charge in [-0.2, -0.15) is 28.6 Å². The van der Waals surface area contributed by atoms with Crippen LogP contribution in [0.3, 0.4) is 0 Å². The van der Waals surface area contributed by atoms with Gasteiger partial charge in [0.25, 0.3) is 35.4 Å². The maximum absolute atomic E-state index is 13.7. The molecule has 121 heavy (non-hydrogen) atoms. The molecule has 5 heterocycles. The summed E-state index contributed by atoms with van der Waals surface area (Å²) in [5, 5.41) is 79.2. The molecule has 1 unspecified atom stereocenters. The minimum Gasteiger partial charge on any atom is -0.747 e. The number of nitrogens with zero attached hydrogens (tertiary/aromatic N) is 11. The van der Waals surface area contributed by atoms with Gasteiger partial charge in [0.2, 0.25) is 17.7 Å². The number of amides is 9. The molecule has 7 atom stereocenters. The Morgan fingerprint density at radius 1 is 0.471 bits per heavy atom. The molecule has 0 aliphatic carbocycles. The van der Waals surface area contributed by atoms with Crippen LogP contribution in [0.1, 0.15) is 72.6 Å². The summed E-state index contributed by atoms with van der Waals surface area (Å²) in [6.45, 7) is 10.3. The number of carbonyl (C=O) groups excluding carboxylic acids is 11. The van der Waals surface area contributed by atoms with Crippen LogP contribution in [0.4, 0.5) is 0 Å². The zero-order valence-corrected chi connectivity index (χ0v) is 74.6. The average Bonchev–Trinajstić information content (AvgIpc) is 1.68. The van der Waals surface area contributed by atoms with E-state index in [-0.39, 0.29) is 232 Å². The van der Waals surface area contributed by atoms with Crippen molar-refractivity contribution < 1.29 is 170 Å². The number of carbonyl (C=O) groups is 18. The van der Waals surface area contributed by atoms with E-state index in [1.165, 1.54) is 23.9 Å². The molecule has 0 radical (unpaired) electrons. The molecule has 3 saturated heterocycles. The Morgan fingerprint density at radius 3 is 0.967 bits per heavy atom. The fraction of sp³-hybridized carbons (Fsp3) is 0.694. The quantitative estimate of drug-likeness (QED) is 0.0117. The van der Waals surface area contributed by atoms with Crippen LogP contribution in [0.2, 0.25) is 0 Å². The predicted molar refractivity (Wildman–Crippen MR) is 433 cm³/mol. The van der Waals surface area contributed by atoms with Crippen molar-refractivity contribution in [3.8, 4) is 0 Å². The van der Waals surface area contributed by atoms with Crippen LogP contribution in [0.15, 0.2) is 24.3 Å². The van der Waals surface area contributed by atoms with Crippen LogP contribution in [0, 0.1) is 23.7 Å². The Bertz CT molecular complexity index is 3490. The minimum absolute atomic E-state index is 0. The van der Waals surface area contributed by atoms with Gasteiger partial charge in [-0.3, -0.25) is 141 Å². The maximum Gasteiger partial charge on any atom is 1.00 e. The third-order valence-electron chi connectivity index (χ3n) is 19.8. The normalized spacial score (nSPS) is 19.0. The number of ketones is 2. The topological polar surface area (TPSA) is 624 Å². The Hall–Kier alpha value is -7.56. The van der Waals surface area contributed by atoms with Crippen molar-refractivity contribution in [1.82, 2.24) is 70.0 Å². The van der Waals surface area contributed by atoms with E-state index in [0.29, 0.717) is 77.4 Å². The summed E-state index contributed by atoms with van der Waals surface area (Å²) < 4.78 is 30.8. The van der Waals surface area contributed by atoms with Gasteiger partial charge in [-0.25, -0.2) is 8.42 Å². The second kappa shape index (κ2) is 60.1. The molecule has 0 aromatic heterocycles. The SMILES string of the molecule is CC[C@H](C)[C@H](CC(=O)[C@@H](N)CCSC)C(=O)NCCN1C(=O)C=CC1=O.CC[C@H](C)[C@H](CC(=O)[C@H](CCSC)NC(=O)CN1CCN(CC(=O)O)CCN(CC(=O)O)CCN(CC(=O)O)CC1)C(=O)NCCN1C(=O)C=CC1=O.Cl.O=C(O)CN1CCN(CC(=O)O)CCN(CC(=O)O)CCN(CC(=O)O)CC1.O=C1CC(S(=O)(=O)[O-])C(=O)N1O.[Na+]. The summed E-state index contributed by atoms with van der Waals surface area (Å²) in [6.07, 6.45) is 10.0. The number of nitrogens with one attached hydrogen (secondary N) is 3. The first-order valence-corrected chi connectivity index (χ1v) is 42.7. The first-order chi connectivity index (χ1) is 55.9. The maximum atomic E-state index is 13.7. The number of carboxylic acids is 7. The van der Waals surface area contributed by atoms with Gasteiger partial charge in [-0.15, -0.1) is 12.4 Å². The average molecular weight is 1810 g/mol. The third-order valence-corrected chi connectivity index (χ3v) is 22.1. The number of rotatable bonds is 42. The Morgan fingerprint density at radius 2 is 0.736 bits per heavy atom. The van der Waals surface area contributed by atoms with E-state index in [4.69, 9.17) is 31.4 Å². The minimum atomic E-state index is -4.84. The molecule has 13 N–H and O–H groups in total. The number of nitrogens with two attached hydrogens (primary N) is 1. The van der Waals surface area contributed by atoms with Crippen LogP contribution in [0.5, 0.6) is 0 Å². The van der Waals surface area contributed by atoms with Crippen molar-refractivity contribution in [2.24, 2.45) is 29.4 Å². The fourth-order valence-electron chi connectivity index (χ4n) is 12.5. The first kappa shape index (κ1) is 113. The van der Waals surface area contributed by atoms with Gasteiger partial charge in [0.05, 0.1) is 70.9 Å². The summed E-state index contributed by atoms with van der Waals surface area (Å²) in [7, 11) is -4.84. The number of halogens is 1. The second-order valence-electron chi connectivity index (χ2n) is 28.7. The molecule has 3 fully saturated rings. The first-order valence-electron chi connectivity index (χ1n) is 38.5. The van der Waals surface area contributed by atoms with Crippen molar-refractivity contribution in [3.63, 3.8) is 0 Å². The Balaban J connectivity index is 0.00000177. The van der Waals surface area contributed by atoms with Gasteiger partial charge in [-0.1, -0.05) is 40.5 Å². The molecule has 0 aromatic rings. The summed E-state index contributed by atoms with van der Waals surface area (Å²) in [6, 6.07) is -1.44. The van der Waals surface area contributed by atoms with Crippen molar-refractivity contribution in [3.05, 3.63) is 24.3 Å². The summed E-state index contributed by atoms with van der Waals surface area (Å²) in [5.74, 6) is -12.9. The zero-order valence-electron chi connectivity index (χ0n) is 69.3. The van der Waals surface area contributed by atoms with Crippen molar-refractivity contribution in [1.29, 1.82) is 0 Å². The van der Waals surface area contributed by atoms with Gasteiger partial charge in [0.1, 0.15) is 21.2 Å². The molecule has 0 aromatic carbocycles. The van der Waals surface area contributed by atoms with Crippen molar-refractivity contribution in [2.75, 3.05) is 207 Å². The van der Waals surface area contributed by atoms with Crippen molar-refractivity contribution in [2.45, 2.75) is 90.0 Å². The van der Waals surface area contributed by atoms with E-state index >= 15 is 0 Å². The van der Waals surface area contributed by atoms with Crippen molar-refractivity contribution >= 4 is 153 Å². The summed E-state index contributed by atoms with van der Waals surface area (Å²) in [4.78, 5) is 228. The van der Waals surface area contributed by atoms with E-state index < -0.39 is 123 Å². The standard InChI is InChI=1S/C34H55N7O11S.C18H29N3O4S.C16H28N4O8.C4H5NO6S.ClH.Na/c1-4-24(2)25(34(52)35-8-9-41-29(44)5-6-30(41)45)19-27(42)26(7-18-53-3)36-28(43)20-37-10-12-38(21-31(46)47)14-16-40(23-33(50)51)17-15-39(13-11-37)22-32(48)49;1-4-12(2)13(11-15(22)14(19)7-10-26-3)18(25)20-8-9-21-16(23)5-6-17(21)24;21-13(22)9-17-1-2-18(10-14(23)24)5-6-20(12-16(27)28)8-7-19(4-3-17)11-15(25)26;6-3-1-2(12(9,10)11)4(7)5(3)8;;/h5-6,24-26H,4,7-23H2,1-3H3,(H,35,52)(H,36,43)(H,46,47)(H,48,49)(H,50,51);5-6,12-14H,4,7-11,19H2,1-3H3,(H,20,25);1-12H2,(H,21,22)(H,23,24)(H,25,26)(H,27,28);2,8H,1H2,(H,9,10,11);1H;/q;;;;;+1/p-1/t24-,25-,26-;12-,13-,14-;;;;/m00..../s1. The molecule has 49 heteroatoms. The number of Topliss-reactive ketones (excluding diaryl/α,β-unsaturated/α-hetero) is 2. The van der Waals surface area contributed by atoms with Crippen LogP contribution in [-0.4, -0.2) is 439 Å². The smallest absolute Gasteiger partial charge is 0.747 e. The summed E-state index contributed by atoms with van der Waals surface area (Å²) in [5.41, 5.74) is 5.92. The second-order valence-corrected chi connectivity index (χ2v) is 32.2. The van der Waals surface area contributed by atoms with Gasteiger partial charge < -0.3 is 62.0 Å². The van der Waals surface area contributed by atoms with E-state index in [0.717, 1.165) is 34.1 Å². The number of hydroxylamine groups is 2. The van der Waals surface area contributed by atoms with Gasteiger partial charge in [0, 0.05) is 180 Å². The van der Waals surface area contributed by atoms with E-state index in [1.807, 2.05) is 40.2 Å². The number of hydrogen-bond acceptors (Lipinski definition) is 33. The number of imide groups is 3.